The van der Waals surface area contributed by atoms with E-state index >= 15 is 0 Å². The van der Waals surface area contributed by atoms with Gasteiger partial charge in [0.05, 0.1) is 6.61 Å². The molecule has 0 fully saturated rings. The van der Waals surface area contributed by atoms with Crippen LogP contribution in [0.4, 0.5) is 17.6 Å². The van der Waals surface area contributed by atoms with Crippen molar-refractivity contribution < 1.29 is 22.3 Å². The SMILES string of the molecule is NC(=S)c1ccc(COCC(F)(F)C(F)F)c(Cl)c1. The minimum atomic E-state index is -4.18. The van der Waals surface area contributed by atoms with Crippen LogP contribution in [0.25, 0.3) is 0 Å². The fourth-order valence-corrected chi connectivity index (χ4v) is 1.54. The van der Waals surface area contributed by atoms with Crippen molar-refractivity contribution in [1.82, 2.24) is 0 Å². The highest BCUT2D eigenvalue weighted by Crippen LogP contribution is 2.24. The molecule has 1 aromatic carbocycles. The Morgan fingerprint density at radius 2 is 2.05 bits per heavy atom. The van der Waals surface area contributed by atoms with Gasteiger partial charge in [0.1, 0.15) is 11.6 Å². The second kappa shape index (κ2) is 6.49. The normalized spacial score (nSPS) is 11.9. The van der Waals surface area contributed by atoms with Crippen molar-refractivity contribution in [3.63, 3.8) is 0 Å². The molecule has 19 heavy (non-hydrogen) atoms. The zero-order valence-electron chi connectivity index (χ0n) is 9.51. The number of hydrogen-bond acceptors (Lipinski definition) is 2. The fraction of sp³-hybridized carbons (Fsp3) is 0.364. The van der Waals surface area contributed by atoms with Crippen molar-refractivity contribution in [3.8, 4) is 0 Å². The number of benzene rings is 1. The molecule has 0 aliphatic carbocycles. The quantitative estimate of drug-likeness (QED) is 0.645. The number of ether oxygens (including phenoxy) is 1. The lowest BCUT2D eigenvalue weighted by molar-refractivity contribution is -0.168. The van der Waals surface area contributed by atoms with Gasteiger partial charge in [-0.05, 0) is 11.6 Å². The van der Waals surface area contributed by atoms with E-state index in [1.807, 2.05) is 0 Å². The summed E-state index contributed by atoms with van der Waals surface area (Å²) in [6.07, 6.45) is -3.76. The topological polar surface area (TPSA) is 35.2 Å². The van der Waals surface area contributed by atoms with E-state index in [4.69, 9.17) is 29.6 Å². The molecule has 106 valence electrons. The monoisotopic (exact) mass is 315 g/mol. The van der Waals surface area contributed by atoms with Gasteiger partial charge in [-0.25, -0.2) is 8.78 Å². The maximum atomic E-state index is 12.6. The summed E-state index contributed by atoms with van der Waals surface area (Å²) in [5.74, 6) is -4.18. The van der Waals surface area contributed by atoms with Gasteiger partial charge in [-0.15, -0.1) is 0 Å². The molecule has 0 saturated heterocycles. The van der Waals surface area contributed by atoms with Crippen LogP contribution in [0.5, 0.6) is 0 Å². The Labute approximate surface area is 117 Å². The highest BCUT2D eigenvalue weighted by atomic mass is 35.5. The summed E-state index contributed by atoms with van der Waals surface area (Å²) in [6.45, 7) is -1.68. The summed E-state index contributed by atoms with van der Waals surface area (Å²) in [4.78, 5) is 0.138. The summed E-state index contributed by atoms with van der Waals surface area (Å²) in [5.41, 5.74) is 6.28. The Balaban J connectivity index is 2.62. The Kier molecular flexibility index (Phi) is 5.51. The predicted molar refractivity (Wildman–Crippen MR) is 67.9 cm³/mol. The zero-order chi connectivity index (χ0) is 14.6. The molecular weight excluding hydrogens is 306 g/mol. The average molecular weight is 316 g/mol. The van der Waals surface area contributed by atoms with Gasteiger partial charge in [-0.2, -0.15) is 8.78 Å². The molecular formula is C11H10ClF4NOS. The third-order valence-corrected chi connectivity index (χ3v) is 2.80. The first-order valence-corrected chi connectivity index (χ1v) is 5.84. The van der Waals surface area contributed by atoms with Crippen LogP contribution in [0.3, 0.4) is 0 Å². The molecule has 0 saturated carbocycles. The maximum Gasteiger partial charge on any atom is 0.330 e. The molecule has 8 heteroatoms. The molecule has 0 aliphatic heterocycles. The van der Waals surface area contributed by atoms with Crippen molar-refractivity contribution in [1.29, 1.82) is 0 Å². The molecule has 0 bridgehead atoms. The van der Waals surface area contributed by atoms with Crippen LogP contribution in [0.1, 0.15) is 11.1 Å². The molecule has 0 atom stereocenters. The largest absolute Gasteiger partial charge is 0.389 e. The van der Waals surface area contributed by atoms with Gasteiger partial charge in [0, 0.05) is 10.6 Å². The van der Waals surface area contributed by atoms with Crippen LogP contribution in [0.15, 0.2) is 18.2 Å². The lowest BCUT2D eigenvalue weighted by Crippen LogP contribution is -2.32. The molecule has 2 N–H and O–H groups in total. The molecule has 0 spiro atoms. The molecule has 1 aromatic rings. The van der Waals surface area contributed by atoms with Gasteiger partial charge >= 0.3 is 12.3 Å². The minimum Gasteiger partial charge on any atom is -0.389 e. The molecule has 2 nitrogen and oxygen atoms in total. The van der Waals surface area contributed by atoms with Crippen molar-refractivity contribution in [2.75, 3.05) is 6.61 Å². The number of alkyl halides is 4. The number of thiocarbonyl (C=S) groups is 1. The van der Waals surface area contributed by atoms with E-state index in [0.29, 0.717) is 11.1 Å². The zero-order valence-corrected chi connectivity index (χ0v) is 11.1. The van der Waals surface area contributed by atoms with E-state index < -0.39 is 19.0 Å². The predicted octanol–water partition coefficient (Wildman–Crippen LogP) is 3.39. The van der Waals surface area contributed by atoms with E-state index in [-0.39, 0.29) is 16.6 Å². The van der Waals surface area contributed by atoms with E-state index in [0.717, 1.165) is 0 Å². The number of hydrogen-bond donors (Lipinski definition) is 1. The van der Waals surface area contributed by atoms with Gasteiger partial charge in [0.25, 0.3) is 0 Å². The molecule has 0 amide bonds. The first kappa shape index (κ1) is 16.1. The Morgan fingerprint density at radius 1 is 1.42 bits per heavy atom. The number of rotatable bonds is 6. The summed E-state index contributed by atoms with van der Waals surface area (Å²) in [6, 6.07) is 4.48. The van der Waals surface area contributed by atoms with Crippen LogP contribution >= 0.6 is 23.8 Å². The first-order valence-electron chi connectivity index (χ1n) is 5.06. The molecule has 0 aromatic heterocycles. The van der Waals surface area contributed by atoms with Crippen molar-refractivity contribution in [2.45, 2.75) is 19.0 Å². The standard InChI is InChI=1S/C11H10ClF4NOS/c12-8-3-6(9(17)19)1-2-7(8)4-18-5-11(15,16)10(13)14/h1-3,10H,4-5H2,(H2,17,19). The molecule has 1 rings (SSSR count). The van der Waals surface area contributed by atoms with Crippen molar-refractivity contribution >= 4 is 28.8 Å². The average Bonchev–Trinajstić information content (AvgIpc) is 2.30. The van der Waals surface area contributed by atoms with E-state index in [9.17, 15) is 17.6 Å². The van der Waals surface area contributed by atoms with Crippen LogP contribution in [-0.4, -0.2) is 23.9 Å². The molecule has 0 heterocycles. The highest BCUT2D eigenvalue weighted by molar-refractivity contribution is 7.80. The highest BCUT2D eigenvalue weighted by Gasteiger charge is 2.40. The molecule has 0 aliphatic rings. The van der Waals surface area contributed by atoms with E-state index in [1.54, 1.807) is 0 Å². The Bertz CT molecular complexity index is 470. The second-order valence-corrected chi connectivity index (χ2v) is 4.57. The van der Waals surface area contributed by atoms with Gasteiger partial charge in [0.2, 0.25) is 0 Å². The lowest BCUT2D eigenvalue weighted by atomic mass is 10.1. The first-order chi connectivity index (χ1) is 8.74. The Hall–Kier alpha value is -0.920. The molecule has 0 unspecified atom stereocenters. The summed E-state index contributed by atoms with van der Waals surface area (Å²) >= 11 is 10.6. The van der Waals surface area contributed by atoms with Gasteiger partial charge < -0.3 is 10.5 Å². The third kappa shape index (κ3) is 4.59. The smallest absolute Gasteiger partial charge is 0.330 e. The summed E-state index contributed by atoms with van der Waals surface area (Å²) in [7, 11) is 0. The number of nitrogens with two attached hydrogens (primary N) is 1. The van der Waals surface area contributed by atoms with Crippen LogP contribution in [0, 0.1) is 0 Å². The second-order valence-electron chi connectivity index (χ2n) is 3.72. The van der Waals surface area contributed by atoms with Gasteiger partial charge in [-0.1, -0.05) is 36.0 Å². The third-order valence-electron chi connectivity index (χ3n) is 2.21. The van der Waals surface area contributed by atoms with Gasteiger partial charge in [0.15, 0.2) is 0 Å². The molecule has 0 radical (unpaired) electrons. The van der Waals surface area contributed by atoms with Gasteiger partial charge in [-0.3, -0.25) is 0 Å². The van der Waals surface area contributed by atoms with Crippen molar-refractivity contribution in [2.24, 2.45) is 5.73 Å². The van der Waals surface area contributed by atoms with E-state index in [2.05, 4.69) is 4.74 Å². The van der Waals surface area contributed by atoms with E-state index in [1.165, 1.54) is 18.2 Å². The lowest BCUT2D eigenvalue weighted by Gasteiger charge is -2.15. The minimum absolute atomic E-state index is 0.138. The summed E-state index contributed by atoms with van der Waals surface area (Å²) < 4.78 is 53.5. The Morgan fingerprint density at radius 3 is 2.53 bits per heavy atom. The fourth-order valence-electron chi connectivity index (χ4n) is 1.18. The van der Waals surface area contributed by atoms with Crippen LogP contribution in [-0.2, 0) is 11.3 Å². The van der Waals surface area contributed by atoms with Crippen LogP contribution in [0.2, 0.25) is 5.02 Å². The maximum absolute atomic E-state index is 12.6. The summed E-state index contributed by atoms with van der Waals surface area (Å²) in [5, 5.41) is 0.214. The van der Waals surface area contributed by atoms with Crippen LogP contribution < -0.4 is 5.73 Å². The van der Waals surface area contributed by atoms with Crippen molar-refractivity contribution in [3.05, 3.63) is 34.3 Å². The number of halogens is 5.